The first-order valence-corrected chi connectivity index (χ1v) is 10.9. The van der Waals surface area contributed by atoms with Crippen molar-refractivity contribution in [3.05, 3.63) is 71.2 Å². The van der Waals surface area contributed by atoms with Gasteiger partial charge in [0.2, 0.25) is 0 Å². The van der Waals surface area contributed by atoms with E-state index in [1.54, 1.807) is 12.1 Å². The molecule has 31 heavy (non-hydrogen) atoms. The standard InChI is InChI=1S/C26H30FNO3/c1-4-5-23(26-24(29)14-21(17(2)3)15-25(26)30)28-31-16-18-6-8-19(9-7-18)20-10-12-22(27)13-11-20/h6-13,17,21,28H,4-5,14-16H2,1-3H3. The summed E-state index contributed by atoms with van der Waals surface area (Å²) >= 11 is 0. The Bertz CT molecular complexity index is 926. The third-order valence-corrected chi connectivity index (χ3v) is 5.76. The monoisotopic (exact) mass is 423 g/mol. The molecular weight excluding hydrogens is 393 g/mol. The molecule has 1 N–H and O–H groups in total. The van der Waals surface area contributed by atoms with Gasteiger partial charge in [-0.2, -0.15) is 0 Å². The Kier molecular flexibility index (Phi) is 7.75. The number of hydroxylamine groups is 1. The van der Waals surface area contributed by atoms with Gasteiger partial charge < -0.3 is 0 Å². The molecular formula is C26H30FNO3. The van der Waals surface area contributed by atoms with Crippen LogP contribution in [0.15, 0.2) is 59.8 Å². The van der Waals surface area contributed by atoms with Crippen molar-refractivity contribution in [3.8, 4) is 11.1 Å². The van der Waals surface area contributed by atoms with Gasteiger partial charge in [0.05, 0.1) is 17.9 Å². The molecule has 0 radical (unpaired) electrons. The molecule has 0 unspecified atom stereocenters. The number of carbonyl (C=O) groups excluding carboxylic acids is 2. The number of hydrogen-bond donors (Lipinski definition) is 1. The van der Waals surface area contributed by atoms with Crippen molar-refractivity contribution < 1.29 is 18.8 Å². The predicted octanol–water partition coefficient (Wildman–Crippen LogP) is 5.77. The van der Waals surface area contributed by atoms with Gasteiger partial charge in [-0.15, -0.1) is 0 Å². The first-order chi connectivity index (χ1) is 14.9. The molecule has 1 fully saturated rings. The van der Waals surface area contributed by atoms with Gasteiger partial charge in [-0.1, -0.05) is 63.6 Å². The number of Topliss-reactive ketones (excluding diaryl/α,β-unsaturated/α-hetero) is 2. The van der Waals surface area contributed by atoms with Crippen molar-refractivity contribution in [2.24, 2.45) is 11.8 Å². The van der Waals surface area contributed by atoms with Crippen LogP contribution in [0.25, 0.3) is 11.1 Å². The Labute approximate surface area is 183 Å². The molecule has 1 aliphatic carbocycles. The van der Waals surface area contributed by atoms with Crippen molar-refractivity contribution in [1.82, 2.24) is 5.48 Å². The lowest BCUT2D eigenvalue weighted by molar-refractivity contribution is -0.126. The summed E-state index contributed by atoms with van der Waals surface area (Å²) in [5, 5.41) is 0. The van der Waals surface area contributed by atoms with E-state index in [1.807, 2.05) is 31.2 Å². The minimum Gasteiger partial charge on any atom is -0.294 e. The highest BCUT2D eigenvalue weighted by molar-refractivity contribution is 6.22. The van der Waals surface area contributed by atoms with Gasteiger partial charge in [0, 0.05) is 12.8 Å². The molecule has 1 aliphatic rings. The van der Waals surface area contributed by atoms with Gasteiger partial charge >= 0.3 is 0 Å². The number of hydrogen-bond acceptors (Lipinski definition) is 4. The van der Waals surface area contributed by atoms with Crippen LogP contribution in [0, 0.1) is 17.7 Å². The van der Waals surface area contributed by atoms with E-state index in [0.29, 0.717) is 37.5 Å². The van der Waals surface area contributed by atoms with Gasteiger partial charge in [0.1, 0.15) is 5.82 Å². The lowest BCUT2D eigenvalue weighted by Gasteiger charge is -2.26. The van der Waals surface area contributed by atoms with Crippen LogP contribution >= 0.6 is 0 Å². The number of nitrogens with one attached hydrogen (secondary N) is 1. The van der Waals surface area contributed by atoms with E-state index < -0.39 is 0 Å². The Morgan fingerprint density at radius 1 is 1.00 bits per heavy atom. The zero-order chi connectivity index (χ0) is 22.4. The van der Waals surface area contributed by atoms with Crippen molar-refractivity contribution >= 4 is 11.6 Å². The van der Waals surface area contributed by atoms with Gasteiger partial charge in [-0.25, -0.2) is 4.39 Å². The van der Waals surface area contributed by atoms with Crippen molar-refractivity contribution in [1.29, 1.82) is 0 Å². The summed E-state index contributed by atoms with van der Waals surface area (Å²) in [5.41, 5.74) is 6.64. The fourth-order valence-corrected chi connectivity index (χ4v) is 3.84. The molecule has 164 valence electrons. The van der Waals surface area contributed by atoms with Gasteiger partial charge in [0.15, 0.2) is 11.6 Å². The highest BCUT2D eigenvalue weighted by Crippen LogP contribution is 2.30. The van der Waals surface area contributed by atoms with E-state index in [4.69, 9.17) is 4.84 Å². The van der Waals surface area contributed by atoms with E-state index in [-0.39, 0.29) is 28.9 Å². The maximum absolute atomic E-state index is 13.1. The topological polar surface area (TPSA) is 55.4 Å². The van der Waals surface area contributed by atoms with Gasteiger partial charge in [0.25, 0.3) is 0 Å². The van der Waals surface area contributed by atoms with Crippen LogP contribution in [-0.2, 0) is 21.0 Å². The summed E-state index contributed by atoms with van der Waals surface area (Å²) in [6.07, 6.45) is 2.22. The second kappa shape index (κ2) is 10.5. The molecule has 0 aromatic heterocycles. The molecule has 0 atom stereocenters. The average Bonchev–Trinajstić information content (AvgIpc) is 2.74. The fraction of sp³-hybridized carbons (Fsp3) is 0.385. The van der Waals surface area contributed by atoms with Gasteiger partial charge in [-0.05, 0) is 47.1 Å². The summed E-state index contributed by atoms with van der Waals surface area (Å²) in [6.45, 7) is 6.40. The summed E-state index contributed by atoms with van der Waals surface area (Å²) in [4.78, 5) is 31.0. The van der Waals surface area contributed by atoms with Gasteiger partial charge in [-0.3, -0.25) is 19.9 Å². The SMILES string of the molecule is CCCC(NOCc1ccc(-c2ccc(F)cc2)cc1)=C1C(=O)CC(C(C)C)CC1=O. The van der Waals surface area contributed by atoms with E-state index >= 15 is 0 Å². The van der Waals surface area contributed by atoms with Crippen LogP contribution in [0.5, 0.6) is 0 Å². The first kappa shape index (κ1) is 22.9. The zero-order valence-electron chi connectivity index (χ0n) is 18.4. The van der Waals surface area contributed by atoms with E-state index in [9.17, 15) is 14.0 Å². The largest absolute Gasteiger partial charge is 0.294 e. The lowest BCUT2D eigenvalue weighted by atomic mass is 9.77. The summed E-state index contributed by atoms with van der Waals surface area (Å²) in [6, 6.07) is 14.2. The van der Waals surface area contributed by atoms with Crippen molar-refractivity contribution in [2.45, 2.75) is 53.1 Å². The number of allylic oxidation sites excluding steroid dienone is 2. The molecule has 4 nitrogen and oxygen atoms in total. The summed E-state index contributed by atoms with van der Waals surface area (Å²) in [7, 11) is 0. The molecule has 3 rings (SSSR count). The van der Waals surface area contributed by atoms with Crippen LogP contribution in [0.1, 0.15) is 52.0 Å². The summed E-state index contributed by atoms with van der Waals surface area (Å²) < 4.78 is 13.1. The van der Waals surface area contributed by atoms with Crippen LogP contribution < -0.4 is 5.48 Å². The fourth-order valence-electron chi connectivity index (χ4n) is 3.84. The first-order valence-electron chi connectivity index (χ1n) is 10.9. The minimum absolute atomic E-state index is 0.0850. The maximum Gasteiger partial charge on any atom is 0.168 e. The Balaban J connectivity index is 1.64. The van der Waals surface area contributed by atoms with Crippen LogP contribution in [0.2, 0.25) is 0 Å². The normalized spacial score (nSPS) is 16.7. The van der Waals surface area contributed by atoms with E-state index in [2.05, 4.69) is 19.3 Å². The minimum atomic E-state index is -0.258. The Morgan fingerprint density at radius 3 is 2.06 bits per heavy atom. The van der Waals surface area contributed by atoms with Crippen molar-refractivity contribution in [3.63, 3.8) is 0 Å². The predicted molar refractivity (Wildman–Crippen MR) is 119 cm³/mol. The van der Waals surface area contributed by atoms with Crippen LogP contribution in [0.3, 0.4) is 0 Å². The number of carbonyl (C=O) groups is 2. The molecule has 0 heterocycles. The molecule has 5 heteroatoms. The molecule has 0 saturated heterocycles. The average molecular weight is 424 g/mol. The quantitative estimate of drug-likeness (QED) is 0.333. The summed E-state index contributed by atoms with van der Waals surface area (Å²) in [5.74, 6) is 0.00105. The van der Waals surface area contributed by atoms with Crippen LogP contribution in [0.4, 0.5) is 4.39 Å². The Hall–Kier alpha value is -2.79. The number of halogens is 1. The third-order valence-electron chi connectivity index (χ3n) is 5.76. The zero-order valence-corrected chi connectivity index (χ0v) is 18.4. The number of rotatable bonds is 8. The second-order valence-corrected chi connectivity index (χ2v) is 8.46. The van der Waals surface area contributed by atoms with E-state index in [0.717, 1.165) is 23.1 Å². The third kappa shape index (κ3) is 5.88. The van der Waals surface area contributed by atoms with Crippen LogP contribution in [-0.4, -0.2) is 11.6 Å². The molecule has 0 spiro atoms. The molecule has 2 aromatic carbocycles. The molecule has 0 aliphatic heterocycles. The molecule has 1 saturated carbocycles. The maximum atomic E-state index is 13.1. The Morgan fingerprint density at radius 2 is 1.55 bits per heavy atom. The van der Waals surface area contributed by atoms with Crippen molar-refractivity contribution in [2.75, 3.05) is 0 Å². The molecule has 2 aromatic rings. The molecule has 0 amide bonds. The second-order valence-electron chi connectivity index (χ2n) is 8.46. The number of ketones is 2. The molecule has 0 bridgehead atoms. The lowest BCUT2D eigenvalue weighted by Crippen LogP contribution is -2.32. The van der Waals surface area contributed by atoms with E-state index in [1.165, 1.54) is 12.1 Å². The smallest absolute Gasteiger partial charge is 0.168 e. The highest BCUT2D eigenvalue weighted by atomic mass is 19.1. The highest BCUT2D eigenvalue weighted by Gasteiger charge is 2.34. The number of benzene rings is 2.